The van der Waals surface area contributed by atoms with Gasteiger partial charge >= 0.3 is 0 Å². The van der Waals surface area contributed by atoms with Crippen molar-refractivity contribution >= 4 is 27.4 Å². The number of aromatic nitrogens is 2. The largest absolute Gasteiger partial charge is 0.380 e. The molecule has 0 spiro atoms. The number of alkyl halides is 1. The highest BCUT2D eigenvalue weighted by molar-refractivity contribution is 7.17. The van der Waals surface area contributed by atoms with Gasteiger partial charge in [0.15, 0.2) is 0 Å². The Bertz CT molecular complexity index is 990. The lowest BCUT2D eigenvalue weighted by Crippen LogP contribution is -2.36. The maximum absolute atomic E-state index is 13.3. The third-order valence-corrected chi connectivity index (χ3v) is 7.36. The molecule has 0 N–H and O–H groups in total. The molecule has 0 unspecified atom stereocenters. The number of hydrogen-bond acceptors (Lipinski definition) is 6. The van der Waals surface area contributed by atoms with Gasteiger partial charge in [-0.05, 0) is 30.7 Å². The first-order valence-corrected chi connectivity index (χ1v) is 12.1. The van der Waals surface area contributed by atoms with Crippen LogP contribution in [-0.2, 0) is 4.74 Å². The van der Waals surface area contributed by atoms with Crippen molar-refractivity contribution < 1.29 is 9.13 Å². The fourth-order valence-electron chi connectivity index (χ4n) is 4.67. The Morgan fingerprint density at radius 3 is 2.68 bits per heavy atom. The first-order valence-electron chi connectivity index (χ1n) is 11.2. The van der Waals surface area contributed by atoms with Crippen molar-refractivity contribution in [3.8, 4) is 11.1 Å². The minimum absolute atomic E-state index is 0.572. The lowest BCUT2D eigenvalue weighted by molar-refractivity contribution is 0.0742. The minimum atomic E-state index is -0.650. The lowest BCUT2D eigenvalue weighted by Gasteiger charge is -2.33. The molecule has 5 nitrogen and oxygen atoms in total. The number of piperidine rings is 1. The van der Waals surface area contributed by atoms with Gasteiger partial charge in [0.1, 0.15) is 23.1 Å². The van der Waals surface area contributed by atoms with Crippen LogP contribution >= 0.6 is 11.3 Å². The standard InChI is InChI=1S/C24H29FN4OS/c25-20-8-9-28(14-20)12-13-30-15-18-6-10-29(11-7-18)23-22-21(19-4-2-1-3-5-19)16-31-24(22)27-17-26-23/h1-5,16-18,20H,6-15H2/t20-/m0/s1. The molecule has 2 aliphatic heterocycles. The highest BCUT2D eigenvalue weighted by Gasteiger charge is 2.24. The summed E-state index contributed by atoms with van der Waals surface area (Å²) in [4.78, 5) is 14.8. The molecule has 0 saturated carbocycles. The molecule has 2 saturated heterocycles. The highest BCUT2D eigenvalue weighted by Crippen LogP contribution is 2.38. The summed E-state index contributed by atoms with van der Waals surface area (Å²) in [6.07, 6.45) is 3.92. The van der Waals surface area contributed by atoms with Crippen LogP contribution in [0.4, 0.5) is 10.2 Å². The van der Waals surface area contributed by atoms with Crippen LogP contribution in [0.15, 0.2) is 42.0 Å². The van der Waals surface area contributed by atoms with Crippen molar-refractivity contribution in [1.82, 2.24) is 14.9 Å². The molecule has 1 atom stereocenters. The first kappa shape index (κ1) is 20.8. The second kappa shape index (κ2) is 9.59. The molecule has 2 fully saturated rings. The van der Waals surface area contributed by atoms with Crippen LogP contribution < -0.4 is 4.90 Å². The van der Waals surface area contributed by atoms with Gasteiger partial charge < -0.3 is 9.64 Å². The van der Waals surface area contributed by atoms with E-state index in [4.69, 9.17) is 9.72 Å². The molecule has 4 heterocycles. The molecule has 0 bridgehead atoms. The summed E-state index contributed by atoms with van der Waals surface area (Å²) < 4.78 is 19.2. The van der Waals surface area contributed by atoms with Gasteiger partial charge in [-0.1, -0.05) is 30.3 Å². The first-order chi connectivity index (χ1) is 15.3. The molecule has 7 heteroatoms. The molecular formula is C24H29FN4OS. The van der Waals surface area contributed by atoms with E-state index in [0.717, 1.165) is 56.3 Å². The van der Waals surface area contributed by atoms with Crippen molar-refractivity contribution in [2.24, 2.45) is 5.92 Å². The van der Waals surface area contributed by atoms with Gasteiger partial charge in [-0.3, -0.25) is 4.90 Å². The quantitative estimate of drug-likeness (QED) is 0.501. The normalized spacial score (nSPS) is 20.7. The second-order valence-corrected chi connectivity index (χ2v) is 9.44. The van der Waals surface area contributed by atoms with Crippen molar-refractivity contribution in [1.29, 1.82) is 0 Å². The molecule has 164 valence electrons. The summed E-state index contributed by atoms with van der Waals surface area (Å²) in [6.45, 7) is 5.76. The number of rotatable bonds is 7. The van der Waals surface area contributed by atoms with Gasteiger partial charge in [-0.15, -0.1) is 11.3 Å². The van der Waals surface area contributed by atoms with Crippen LogP contribution in [0, 0.1) is 5.92 Å². The van der Waals surface area contributed by atoms with Crippen LogP contribution in [0.25, 0.3) is 21.3 Å². The number of nitrogens with zero attached hydrogens (tertiary/aromatic N) is 4. The zero-order chi connectivity index (χ0) is 21.0. The highest BCUT2D eigenvalue weighted by atomic mass is 32.1. The molecule has 2 aliphatic rings. The summed E-state index contributed by atoms with van der Waals surface area (Å²) in [6, 6.07) is 10.5. The average molecular weight is 441 g/mol. The summed E-state index contributed by atoms with van der Waals surface area (Å²) in [5, 5.41) is 3.37. The maximum Gasteiger partial charge on any atom is 0.141 e. The SMILES string of the molecule is F[C@H]1CCN(CCOCC2CCN(c3ncnc4scc(-c5ccccc5)c34)CC2)C1. The van der Waals surface area contributed by atoms with Crippen LogP contribution in [0.5, 0.6) is 0 Å². The summed E-state index contributed by atoms with van der Waals surface area (Å²) >= 11 is 1.69. The zero-order valence-corrected chi connectivity index (χ0v) is 18.6. The molecular weight excluding hydrogens is 411 g/mol. The Labute approximate surface area is 186 Å². The monoisotopic (exact) mass is 440 g/mol. The number of likely N-dealkylation sites (tertiary alicyclic amines) is 1. The molecule has 3 aromatic rings. The van der Waals surface area contributed by atoms with Crippen LogP contribution in [-0.4, -0.2) is 67.0 Å². The predicted molar refractivity (Wildman–Crippen MR) is 125 cm³/mol. The number of hydrogen-bond donors (Lipinski definition) is 0. The molecule has 0 aliphatic carbocycles. The Balaban J connectivity index is 1.19. The molecule has 31 heavy (non-hydrogen) atoms. The molecule has 2 aromatic heterocycles. The van der Waals surface area contributed by atoms with Gasteiger partial charge in [0.25, 0.3) is 0 Å². The van der Waals surface area contributed by atoms with Crippen LogP contribution in [0.1, 0.15) is 19.3 Å². The van der Waals surface area contributed by atoms with E-state index >= 15 is 0 Å². The number of benzene rings is 1. The number of fused-ring (bicyclic) bond motifs is 1. The van der Waals surface area contributed by atoms with E-state index in [1.165, 1.54) is 16.5 Å². The number of thiophene rings is 1. The fourth-order valence-corrected chi connectivity index (χ4v) is 5.58. The lowest BCUT2D eigenvalue weighted by atomic mass is 9.97. The molecule has 0 amide bonds. The van der Waals surface area contributed by atoms with E-state index in [9.17, 15) is 4.39 Å². The smallest absolute Gasteiger partial charge is 0.141 e. The Morgan fingerprint density at radius 1 is 1.06 bits per heavy atom. The number of halogens is 1. The van der Waals surface area contributed by atoms with E-state index in [-0.39, 0.29) is 0 Å². The average Bonchev–Trinajstić information content (AvgIpc) is 3.44. The molecule has 1 aromatic carbocycles. The predicted octanol–water partition coefficient (Wildman–Crippen LogP) is 4.64. The van der Waals surface area contributed by atoms with Gasteiger partial charge in [-0.2, -0.15) is 0 Å². The van der Waals surface area contributed by atoms with Crippen molar-refractivity contribution in [3.63, 3.8) is 0 Å². The Hall–Kier alpha value is -2.09. The third kappa shape index (κ3) is 4.73. The maximum atomic E-state index is 13.3. The third-order valence-electron chi connectivity index (χ3n) is 6.47. The number of ether oxygens (including phenoxy) is 1. The van der Waals surface area contributed by atoms with Crippen molar-refractivity contribution in [2.45, 2.75) is 25.4 Å². The van der Waals surface area contributed by atoms with E-state index in [1.807, 2.05) is 6.07 Å². The van der Waals surface area contributed by atoms with Crippen molar-refractivity contribution in [3.05, 3.63) is 42.0 Å². The van der Waals surface area contributed by atoms with Crippen LogP contribution in [0.3, 0.4) is 0 Å². The van der Waals surface area contributed by atoms with E-state index in [1.54, 1.807) is 17.7 Å². The minimum Gasteiger partial charge on any atom is -0.380 e. The summed E-state index contributed by atoms with van der Waals surface area (Å²) in [5.41, 5.74) is 2.43. The van der Waals surface area contributed by atoms with Crippen LogP contribution in [0.2, 0.25) is 0 Å². The van der Waals surface area contributed by atoms with Crippen molar-refractivity contribution in [2.75, 3.05) is 50.8 Å². The fraction of sp³-hybridized carbons (Fsp3) is 0.500. The zero-order valence-electron chi connectivity index (χ0n) is 17.8. The second-order valence-electron chi connectivity index (χ2n) is 8.58. The topological polar surface area (TPSA) is 41.5 Å². The summed E-state index contributed by atoms with van der Waals surface area (Å²) in [7, 11) is 0. The molecule has 5 rings (SSSR count). The molecule has 0 radical (unpaired) electrons. The van der Waals surface area contributed by atoms with Gasteiger partial charge in [0.05, 0.1) is 12.0 Å². The Morgan fingerprint density at radius 2 is 1.90 bits per heavy atom. The van der Waals surface area contributed by atoms with Gasteiger partial charge in [0, 0.05) is 50.3 Å². The number of anilines is 1. The van der Waals surface area contributed by atoms with E-state index in [0.29, 0.717) is 25.5 Å². The van der Waals surface area contributed by atoms with E-state index < -0.39 is 6.17 Å². The van der Waals surface area contributed by atoms with Gasteiger partial charge in [-0.25, -0.2) is 14.4 Å². The van der Waals surface area contributed by atoms with E-state index in [2.05, 4.69) is 44.4 Å². The van der Waals surface area contributed by atoms with Gasteiger partial charge in [0.2, 0.25) is 0 Å². The Kier molecular flexibility index (Phi) is 6.43. The summed E-state index contributed by atoms with van der Waals surface area (Å²) in [5.74, 6) is 1.64.